The summed E-state index contributed by atoms with van der Waals surface area (Å²) in [5.41, 5.74) is 1.68. The van der Waals surface area contributed by atoms with Crippen molar-refractivity contribution in [2.45, 2.75) is 13.0 Å². The number of hydrogen-bond acceptors (Lipinski definition) is 5. The van der Waals surface area contributed by atoms with Crippen LogP contribution in [0.3, 0.4) is 0 Å². The number of rotatable bonds is 6. The van der Waals surface area contributed by atoms with E-state index < -0.39 is 0 Å². The molecule has 0 saturated heterocycles. The molecule has 0 spiro atoms. The van der Waals surface area contributed by atoms with Gasteiger partial charge in [-0.2, -0.15) is 0 Å². The van der Waals surface area contributed by atoms with Crippen LogP contribution >= 0.6 is 22.7 Å². The van der Waals surface area contributed by atoms with Gasteiger partial charge in [-0.15, -0.1) is 22.7 Å². The average Bonchev–Trinajstić information content (AvgIpc) is 3.38. The molecule has 0 fully saturated rings. The van der Waals surface area contributed by atoms with Crippen LogP contribution < -0.4 is 10.6 Å². The molecule has 28 heavy (non-hydrogen) atoms. The predicted molar refractivity (Wildman–Crippen MR) is 117 cm³/mol. The minimum absolute atomic E-state index is 0.0917. The summed E-state index contributed by atoms with van der Waals surface area (Å²) in [5.74, 6) is 0.691. The first-order chi connectivity index (χ1) is 13.7. The second-order valence-corrected chi connectivity index (χ2v) is 8.51. The monoisotopic (exact) mass is 405 g/mol. The summed E-state index contributed by atoms with van der Waals surface area (Å²) in [7, 11) is 0. The second kappa shape index (κ2) is 8.37. The highest BCUT2D eigenvalue weighted by atomic mass is 32.1. The number of nitrogens with zero attached hydrogens (tertiary/aromatic N) is 1. The van der Waals surface area contributed by atoms with Crippen molar-refractivity contribution in [1.29, 1.82) is 0 Å². The molecule has 0 aliphatic heterocycles. The van der Waals surface area contributed by atoms with Crippen molar-refractivity contribution >= 4 is 39.4 Å². The minimum atomic E-state index is -0.105. The lowest BCUT2D eigenvalue weighted by atomic mass is 10.1. The Labute approximate surface area is 171 Å². The Hall–Kier alpha value is -2.96. The van der Waals surface area contributed by atoms with Gasteiger partial charge in [0, 0.05) is 27.1 Å². The summed E-state index contributed by atoms with van der Waals surface area (Å²) in [5, 5.41) is 9.53. The zero-order chi connectivity index (χ0) is 19.3. The average molecular weight is 406 g/mol. The molecule has 0 aliphatic rings. The molecular formula is C22H19N3OS2. The van der Waals surface area contributed by atoms with Crippen LogP contribution in [-0.2, 0) is 0 Å². The number of aromatic nitrogens is 1. The highest BCUT2D eigenvalue weighted by Gasteiger charge is 2.22. The van der Waals surface area contributed by atoms with Gasteiger partial charge in [0.05, 0.1) is 6.04 Å². The lowest BCUT2D eigenvalue weighted by Crippen LogP contribution is -2.16. The largest absolute Gasteiger partial charge is 0.358 e. The van der Waals surface area contributed by atoms with Crippen molar-refractivity contribution in [3.8, 4) is 0 Å². The minimum Gasteiger partial charge on any atom is -0.358 e. The van der Waals surface area contributed by atoms with E-state index in [0.717, 1.165) is 21.3 Å². The molecule has 3 heterocycles. The fourth-order valence-corrected chi connectivity index (χ4v) is 4.70. The van der Waals surface area contributed by atoms with E-state index in [4.69, 9.17) is 0 Å². The summed E-state index contributed by atoms with van der Waals surface area (Å²) < 4.78 is 0. The Balaban J connectivity index is 1.68. The quantitative estimate of drug-likeness (QED) is 0.416. The lowest BCUT2D eigenvalue weighted by molar-refractivity contribution is 0.102. The molecule has 0 aliphatic carbocycles. The molecule has 1 unspecified atom stereocenters. The zero-order valence-corrected chi connectivity index (χ0v) is 16.9. The summed E-state index contributed by atoms with van der Waals surface area (Å²) >= 11 is 3.27. The van der Waals surface area contributed by atoms with E-state index in [0.29, 0.717) is 5.56 Å². The molecule has 0 bridgehead atoms. The number of hydrogen-bond donors (Lipinski definition) is 2. The lowest BCUT2D eigenvalue weighted by Gasteiger charge is -2.19. The van der Waals surface area contributed by atoms with E-state index in [2.05, 4.69) is 40.1 Å². The van der Waals surface area contributed by atoms with Crippen LogP contribution in [0.1, 0.15) is 31.7 Å². The Morgan fingerprint density at radius 2 is 1.86 bits per heavy atom. The number of benzene rings is 1. The number of carbonyl (C=O) groups is 1. The van der Waals surface area contributed by atoms with Crippen LogP contribution in [0.2, 0.25) is 0 Å². The highest BCUT2D eigenvalue weighted by Crippen LogP contribution is 2.38. The summed E-state index contributed by atoms with van der Waals surface area (Å²) in [6.45, 7) is 2.05. The van der Waals surface area contributed by atoms with Crippen LogP contribution in [0.4, 0.5) is 10.8 Å². The SMILES string of the molecule is Cc1cc(C(Nc2ccccn2)c2cccs2)c(NC(=O)c2ccccc2)s1. The van der Waals surface area contributed by atoms with E-state index in [9.17, 15) is 4.79 Å². The van der Waals surface area contributed by atoms with Crippen molar-refractivity contribution in [1.82, 2.24) is 4.98 Å². The van der Waals surface area contributed by atoms with Crippen molar-refractivity contribution in [2.24, 2.45) is 0 Å². The second-order valence-electron chi connectivity index (χ2n) is 6.27. The van der Waals surface area contributed by atoms with E-state index in [1.165, 1.54) is 4.88 Å². The van der Waals surface area contributed by atoms with Gasteiger partial charge in [0.15, 0.2) is 0 Å². The molecule has 140 valence electrons. The molecule has 0 radical (unpaired) electrons. The van der Waals surface area contributed by atoms with Gasteiger partial charge in [-0.25, -0.2) is 4.98 Å². The molecule has 3 aromatic heterocycles. The maximum atomic E-state index is 12.7. The van der Waals surface area contributed by atoms with Crippen LogP contribution in [0.5, 0.6) is 0 Å². The Bertz CT molecular complexity index is 1040. The maximum absolute atomic E-state index is 12.7. The smallest absolute Gasteiger partial charge is 0.256 e. The van der Waals surface area contributed by atoms with Crippen molar-refractivity contribution in [2.75, 3.05) is 10.6 Å². The fourth-order valence-electron chi connectivity index (χ4n) is 2.96. The topological polar surface area (TPSA) is 54.0 Å². The first-order valence-electron chi connectivity index (χ1n) is 8.88. The molecule has 1 amide bonds. The van der Waals surface area contributed by atoms with Crippen LogP contribution in [0.25, 0.3) is 0 Å². The summed E-state index contributed by atoms with van der Waals surface area (Å²) in [4.78, 5) is 19.4. The third-order valence-electron chi connectivity index (χ3n) is 4.24. The van der Waals surface area contributed by atoms with Crippen molar-refractivity contribution < 1.29 is 4.79 Å². The van der Waals surface area contributed by atoms with Crippen LogP contribution in [0, 0.1) is 6.92 Å². The highest BCUT2D eigenvalue weighted by molar-refractivity contribution is 7.16. The number of carbonyl (C=O) groups excluding carboxylic acids is 1. The predicted octanol–water partition coefficient (Wildman–Crippen LogP) is 5.97. The van der Waals surface area contributed by atoms with Crippen molar-refractivity contribution in [3.05, 3.63) is 99.2 Å². The number of anilines is 2. The number of amides is 1. The first-order valence-corrected chi connectivity index (χ1v) is 10.6. The van der Waals surface area contributed by atoms with Crippen LogP contribution in [-0.4, -0.2) is 10.9 Å². The number of nitrogens with one attached hydrogen (secondary N) is 2. The molecule has 4 rings (SSSR count). The van der Waals surface area contributed by atoms with Gasteiger partial charge in [-0.3, -0.25) is 4.79 Å². The molecular weight excluding hydrogens is 386 g/mol. The molecule has 1 aromatic carbocycles. The number of aryl methyl sites for hydroxylation is 1. The van der Waals surface area contributed by atoms with Gasteiger partial charge in [0.25, 0.3) is 5.91 Å². The number of thiophene rings is 2. The van der Waals surface area contributed by atoms with Gasteiger partial charge in [0.1, 0.15) is 10.8 Å². The maximum Gasteiger partial charge on any atom is 0.256 e. The van der Waals surface area contributed by atoms with Gasteiger partial charge < -0.3 is 10.6 Å². The summed E-state index contributed by atoms with van der Waals surface area (Å²) in [6.07, 6.45) is 1.77. The third-order valence-corrected chi connectivity index (χ3v) is 6.16. The first kappa shape index (κ1) is 18.4. The Morgan fingerprint density at radius 1 is 1.04 bits per heavy atom. The standard InChI is InChI=1S/C22H19N3OS2/c1-15-14-17(22(28-15)25-21(26)16-8-3-2-4-9-16)20(18-10-7-13-27-18)24-19-11-5-6-12-23-19/h2-14,20H,1H3,(H,23,24)(H,25,26). The molecule has 1 atom stereocenters. The van der Waals surface area contributed by atoms with Gasteiger partial charge in [0.2, 0.25) is 0 Å². The zero-order valence-electron chi connectivity index (χ0n) is 15.3. The third kappa shape index (κ3) is 4.13. The normalized spacial score (nSPS) is 11.8. The molecule has 4 aromatic rings. The van der Waals surface area contributed by atoms with Gasteiger partial charge in [-0.05, 0) is 48.7 Å². The Morgan fingerprint density at radius 3 is 2.57 bits per heavy atom. The Kier molecular flexibility index (Phi) is 5.50. The van der Waals surface area contributed by atoms with E-state index >= 15 is 0 Å². The summed E-state index contributed by atoms with van der Waals surface area (Å²) in [6, 6.07) is 21.2. The van der Waals surface area contributed by atoms with Crippen molar-refractivity contribution in [3.63, 3.8) is 0 Å². The van der Waals surface area contributed by atoms with Gasteiger partial charge in [-0.1, -0.05) is 30.3 Å². The van der Waals surface area contributed by atoms with E-state index in [1.54, 1.807) is 28.9 Å². The van der Waals surface area contributed by atoms with Gasteiger partial charge >= 0.3 is 0 Å². The molecule has 6 heteroatoms. The molecule has 2 N–H and O–H groups in total. The van der Waals surface area contributed by atoms with E-state index in [-0.39, 0.29) is 11.9 Å². The van der Waals surface area contributed by atoms with E-state index in [1.807, 2.05) is 54.6 Å². The number of pyridine rings is 1. The van der Waals surface area contributed by atoms with Crippen LogP contribution in [0.15, 0.2) is 78.3 Å². The molecule has 4 nitrogen and oxygen atoms in total. The fraction of sp³-hybridized carbons (Fsp3) is 0.0909. The molecule has 0 saturated carbocycles.